The highest BCUT2D eigenvalue weighted by molar-refractivity contribution is 5.87. The molecule has 104 valence electrons. The fourth-order valence-corrected chi connectivity index (χ4v) is 2.06. The Bertz CT molecular complexity index is 599. The average Bonchev–Trinajstić information content (AvgIpc) is 2.47. The first-order chi connectivity index (χ1) is 9.61. The number of benzene rings is 2. The summed E-state index contributed by atoms with van der Waals surface area (Å²) in [6, 6.07) is 13.5. The maximum absolute atomic E-state index is 13.8. The summed E-state index contributed by atoms with van der Waals surface area (Å²) in [5.41, 5.74) is 1.47. The van der Waals surface area contributed by atoms with Gasteiger partial charge in [-0.25, -0.2) is 9.18 Å². The molecule has 0 amide bonds. The SMILES string of the molecule is CCN(Cc1cc(C(=O)O)ccc1F)c1ccccc1. The van der Waals surface area contributed by atoms with Gasteiger partial charge in [-0.3, -0.25) is 0 Å². The Kier molecular flexibility index (Phi) is 4.35. The van der Waals surface area contributed by atoms with E-state index in [1.807, 2.05) is 42.2 Å². The second-order valence-corrected chi connectivity index (χ2v) is 4.46. The van der Waals surface area contributed by atoms with Gasteiger partial charge in [-0.1, -0.05) is 18.2 Å². The lowest BCUT2D eigenvalue weighted by atomic mass is 10.1. The fraction of sp³-hybridized carbons (Fsp3) is 0.188. The molecule has 0 aliphatic rings. The lowest BCUT2D eigenvalue weighted by Gasteiger charge is -2.23. The monoisotopic (exact) mass is 273 g/mol. The van der Waals surface area contributed by atoms with Gasteiger partial charge in [0.2, 0.25) is 0 Å². The van der Waals surface area contributed by atoms with Gasteiger partial charge in [-0.2, -0.15) is 0 Å². The summed E-state index contributed by atoms with van der Waals surface area (Å²) in [6.07, 6.45) is 0. The van der Waals surface area contributed by atoms with Crippen molar-refractivity contribution in [1.82, 2.24) is 0 Å². The van der Waals surface area contributed by atoms with Gasteiger partial charge in [-0.15, -0.1) is 0 Å². The largest absolute Gasteiger partial charge is 0.478 e. The summed E-state index contributed by atoms with van der Waals surface area (Å²) in [7, 11) is 0. The van der Waals surface area contributed by atoms with Crippen LogP contribution in [0.25, 0.3) is 0 Å². The standard InChI is InChI=1S/C16H16FNO2/c1-2-18(14-6-4-3-5-7-14)11-13-10-12(16(19)20)8-9-15(13)17/h3-10H,2,11H2,1H3,(H,19,20). The third kappa shape index (κ3) is 3.15. The number of halogens is 1. The van der Waals surface area contributed by atoms with Gasteiger partial charge in [0.05, 0.1) is 5.56 Å². The van der Waals surface area contributed by atoms with E-state index in [2.05, 4.69) is 0 Å². The summed E-state index contributed by atoms with van der Waals surface area (Å²) in [4.78, 5) is 12.9. The third-order valence-electron chi connectivity index (χ3n) is 3.16. The summed E-state index contributed by atoms with van der Waals surface area (Å²) in [5.74, 6) is -1.43. The molecule has 0 saturated carbocycles. The molecule has 2 rings (SSSR count). The van der Waals surface area contributed by atoms with Gasteiger partial charge in [0.25, 0.3) is 0 Å². The van der Waals surface area contributed by atoms with Gasteiger partial charge < -0.3 is 10.0 Å². The van der Waals surface area contributed by atoms with Gasteiger partial charge in [-0.05, 0) is 37.3 Å². The number of carbonyl (C=O) groups is 1. The lowest BCUT2D eigenvalue weighted by Crippen LogP contribution is -2.22. The second-order valence-electron chi connectivity index (χ2n) is 4.46. The van der Waals surface area contributed by atoms with E-state index in [1.54, 1.807) is 0 Å². The zero-order valence-corrected chi connectivity index (χ0v) is 11.2. The first kappa shape index (κ1) is 14.1. The van der Waals surface area contributed by atoms with Crippen LogP contribution in [0.4, 0.5) is 10.1 Å². The first-order valence-corrected chi connectivity index (χ1v) is 6.43. The molecule has 0 radical (unpaired) electrons. The molecule has 2 aromatic rings. The predicted molar refractivity (Wildman–Crippen MR) is 76.5 cm³/mol. The number of carboxylic acids is 1. The number of hydrogen-bond donors (Lipinski definition) is 1. The zero-order chi connectivity index (χ0) is 14.5. The van der Waals surface area contributed by atoms with Gasteiger partial charge in [0.15, 0.2) is 0 Å². The average molecular weight is 273 g/mol. The molecule has 3 nitrogen and oxygen atoms in total. The van der Waals surface area contributed by atoms with Crippen LogP contribution in [0.3, 0.4) is 0 Å². The molecule has 0 aromatic heterocycles. The Morgan fingerprint density at radius 1 is 1.20 bits per heavy atom. The molecule has 1 N–H and O–H groups in total. The minimum absolute atomic E-state index is 0.102. The van der Waals surface area contributed by atoms with Gasteiger partial charge in [0.1, 0.15) is 5.82 Å². The zero-order valence-electron chi connectivity index (χ0n) is 11.2. The Hall–Kier alpha value is -2.36. The molecule has 4 heteroatoms. The van der Waals surface area contributed by atoms with Crippen molar-refractivity contribution >= 4 is 11.7 Å². The van der Waals surface area contributed by atoms with Crippen molar-refractivity contribution in [2.45, 2.75) is 13.5 Å². The molecule has 0 unspecified atom stereocenters. The molecule has 0 aliphatic carbocycles. The van der Waals surface area contributed by atoms with Crippen LogP contribution in [0.15, 0.2) is 48.5 Å². The molecule has 0 fully saturated rings. The Labute approximate surface area is 117 Å². The van der Waals surface area contributed by atoms with Crippen LogP contribution in [-0.2, 0) is 6.54 Å². The van der Waals surface area contributed by atoms with Crippen molar-refractivity contribution in [3.8, 4) is 0 Å². The molecule has 0 atom stereocenters. The third-order valence-corrected chi connectivity index (χ3v) is 3.16. The van der Waals surface area contributed by atoms with Crippen molar-refractivity contribution in [1.29, 1.82) is 0 Å². The Morgan fingerprint density at radius 2 is 1.90 bits per heavy atom. The molecule has 0 aliphatic heterocycles. The van der Waals surface area contributed by atoms with Crippen LogP contribution in [0, 0.1) is 5.82 Å². The van der Waals surface area contributed by atoms with E-state index in [0.717, 1.165) is 5.69 Å². The van der Waals surface area contributed by atoms with Crippen LogP contribution >= 0.6 is 0 Å². The van der Waals surface area contributed by atoms with Crippen LogP contribution < -0.4 is 4.90 Å². The summed E-state index contributed by atoms with van der Waals surface area (Å²) < 4.78 is 13.8. The highest BCUT2D eigenvalue weighted by Crippen LogP contribution is 2.19. The van der Waals surface area contributed by atoms with Crippen LogP contribution in [0.1, 0.15) is 22.8 Å². The van der Waals surface area contributed by atoms with Gasteiger partial charge in [0, 0.05) is 24.3 Å². The quantitative estimate of drug-likeness (QED) is 0.905. The predicted octanol–water partition coefficient (Wildman–Crippen LogP) is 3.55. The summed E-state index contributed by atoms with van der Waals surface area (Å²) >= 11 is 0. The van der Waals surface area contributed by atoms with E-state index >= 15 is 0 Å². The topological polar surface area (TPSA) is 40.5 Å². The van der Waals surface area contributed by atoms with Crippen molar-refractivity contribution in [3.63, 3.8) is 0 Å². The second kappa shape index (κ2) is 6.19. The number of anilines is 1. The molecule has 20 heavy (non-hydrogen) atoms. The number of aromatic carboxylic acids is 1. The maximum Gasteiger partial charge on any atom is 0.335 e. The van der Waals surface area contributed by atoms with Crippen molar-refractivity contribution < 1.29 is 14.3 Å². The van der Waals surface area contributed by atoms with Crippen LogP contribution in [-0.4, -0.2) is 17.6 Å². The smallest absolute Gasteiger partial charge is 0.335 e. The minimum Gasteiger partial charge on any atom is -0.478 e. The van der Waals surface area contributed by atoms with E-state index in [0.29, 0.717) is 18.7 Å². The van der Waals surface area contributed by atoms with Crippen molar-refractivity contribution in [3.05, 3.63) is 65.5 Å². The highest BCUT2D eigenvalue weighted by atomic mass is 19.1. The number of carboxylic acid groups (broad SMARTS) is 1. The molecular formula is C16H16FNO2. The van der Waals surface area contributed by atoms with E-state index in [9.17, 15) is 9.18 Å². The van der Waals surface area contributed by atoms with Crippen molar-refractivity contribution in [2.24, 2.45) is 0 Å². The number of para-hydroxylation sites is 1. The molecule has 0 spiro atoms. The Balaban J connectivity index is 2.28. The highest BCUT2D eigenvalue weighted by Gasteiger charge is 2.12. The van der Waals surface area contributed by atoms with Crippen molar-refractivity contribution in [2.75, 3.05) is 11.4 Å². The van der Waals surface area contributed by atoms with E-state index in [1.165, 1.54) is 18.2 Å². The summed E-state index contributed by atoms with van der Waals surface area (Å²) in [6.45, 7) is 3.03. The van der Waals surface area contributed by atoms with E-state index in [4.69, 9.17) is 5.11 Å². The lowest BCUT2D eigenvalue weighted by molar-refractivity contribution is 0.0696. The summed E-state index contributed by atoms with van der Waals surface area (Å²) in [5, 5.41) is 8.97. The molecule has 0 bridgehead atoms. The number of hydrogen-bond acceptors (Lipinski definition) is 2. The Morgan fingerprint density at radius 3 is 2.50 bits per heavy atom. The molecule has 2 aromatic carbocycles. The number of rotatable bonds is 5. The fourth-order valence-electron chi connectivity index (χ4n) is 2.06. The van der Waals surface area contributed by atoms with Crippen LogP contribution in [0.2, 0.25) is 0 Å². The molecular weight excluding hydrogens is 257 g/mol. The normalized spacial score (nSPS) is 10.3. The first-order valence-electron chi connectivity index (χ1n) is 6.43. The van der Waals surface area contributed by atoms with E-state index in [-0.39, 0.29) is 11.4 Å². The minimum atomic E-state index is -1.05. The molecule has 0 heterocycles. The maximum atomic E-state index is 13.8. The van der Waals surface area contributed by atoms with Crippen LogP contribution in [0.5, 0.6) is 0 Å². The number of nitrogens with zero attached hydrogens (tertiary/aromatic N) is 1. The van der Waals surface area contributed by atoms with Gasteiger partial charge >= 0.3 is 5.97 Å². The van der Waals surface area contributed by atoms with E-state index < -0.39 is 5.97 Å². The molecule has 0 saturated heterocycles.